The first-order valence-corrected chi connectivity index (χ1v) is 17.8. The normalized spacial score (nSPS) is 26.0. The maximum Gasteiger partial charge on any atom is 0.313 e. The first-order valence-electron chi connectivity index (χ1n) is 17.8. The molecule has 10 nitrogen and oxygen atoms in total. The number of likely N-dealkylation sites (tertiary alicyclic amines) is 1. The number of esters is 1. The Kier molecular flexibility index (Phi) is 13.4. The molecule has 3 aliphatic rings. The fourth-order valence-electron chi connectivity index (χ4n) is 7.99. The van der Waals surface area contributed by atoms with Gasteiger partial charge in [0.05, 0.1) is 24.0 Å². The molecule has 3 aliphatic heterocycles. The summed E-state index contributed by atoms with van der Waals surface area (Å²) in [6, 6.07) is 7.80. The van der Waals surface area contributed by atoms with Gasteiger partial charge >= 0.3 is 5.97 Å². The molecule has 1 spiro atoms. The molecule has 0 aliphatic carbocycles. The van der Waals surface area contributed by atoms with Crippen LogP contribution in [0.25, 0.3) is 0 Å². The minimum atomic E-state index is -1.13. The third-order valence-corrected chi connectivity index (χ3v) is 10.3. The van der Waals surface area contributed by atoms with E-state index in [0.717, 1.165) is 31.2 Å². The summed E-state index contributed by atoms with van der Waals surface area (Å²) < 4.78 is 12.9. The third kappa shape index (κ3) is 7.86. The van der Waals surface area contributed by atoms with Crippen molar-refractivity contribution in [2.24, 2.45) is 11.8 Å². The Morgan fingerprint density at radius 2 is 1.88 bits per heavy atom. The number of aliphatic hydroxyl groups is 1. The summed E-state index contributed by atoms with van der Waals surface area (Å²) in [6.07, 6.45) is 8.55. The van der Waals surface area contributed by atoms with Crippen LogP contribution in [0.3, 0.4) is 0 Å². The van der Waals surface area contributed by atoms with Gasteiger partial charge in [-0.05, 0) is 57.9 Å². The molecule has 1 unspecified atom stereocenters. The van der Waals surface area contributed by atoms with Crippen LogP contribution in [0.5, 0.6) is 0 Å². The lowest BCUT2D eigenvalue weighted by Crippen LogP contribution is -2.57. The van der Waals surface area contributed by atoms with E-state index < -0.39 is 47.7 Å². The predicted molar refractivity (Wildman–Crippen MR) is 183 cm³/mol. The fourth-order valence-corrected chi connectivity index (χ4v) is 7.99. The van der Waals surface area contributed by atoms with Crippen molar-refractivity contribution in [3.05, 3.63) is 61.2 Å². The number of hydrogen-bond acceptors (Lipinski definition) is 7. The topological polar surface area (TPSA) is 125 Å². The van der Waals surface area contributed by atoms with E-state index in [4.69, 9.17) is 9.47 Å². The minimum Gasteiger partial charge on any atom is -0.455 e. The number of benzene rings is 1. The number of nitrogens with one attached hydrogen (secondary N) is 1. The molecule has 10 heteroatoms. The summed E-state index contributed by atoms with van der Waals surface area (Å²) in [7, 11) is 0. The number of allylic oxidation sites excluding steroid dienone is 1. The highest BCUT2D eigenvalue weighted by atomic mass is 16.6. The van der Waals surface area contributed by atoms with E-state index in [2.05, 4.69) is 25.4 Å². The SMILES string of the molecule is C=CCCC(=O)N[C@H](C)[C@@H](OC(=O)[C@@H]1[C@@H]2CC[C@]3(O2)[C@H](C(=O)N(CC=C)C(C)CCC)N(CCCCCCO)C(=O)[C@@H]13)c1ccccc1. The van der Waals surface area contributed by atoms with Crippen LogP contribution < -0.4 is 5.32 Å². The largest absolute Gasteiger partial charge is 0.455 e. The Bertz CT molecular complexity index is 1290. The molecule has 264 valence electrons. The molecule has 1 aromatic carbocycles. The molecular weight excluding hydrogens is 610 g/mol. The van der Waals surface area contributed by atoms with Crippen molar-refractivity contribution >= 4 is 23.7 Å². The molecule has 3 saturated heterocycles. The summed E-state index contributed by atoms with van der Waals surface area (Å²) >= 11 is 0. The summed E-state index contributed by atoms with van der Waals surface area (Å²) in [6.45, 7) is 14.3. The Labute approximate surface area is 285 Å². The molecule has 3 fully saturated rings. The summed E-state index contributed by atoms with van der Waals surface area (Å²) in [4.78, 5) is 59.4. The van der Waals surface area contributed by atoms with E-state index in [1.54, 1.807) is 28.9 Å². The van der Waals surface area contributed by atoms with Gasteiger partial charge < -0.3 is 29.7 Å². The van der Waals surface area contributed by atoms with Crippen LogP contribution in [0.15, 0.2) is 55.6 Å². The minimum absolute atomic E-state index is 0.0633. The zero-order valence-corrected chi connectivity index (χ0v) is 29.0. The number of hydrogen-bond donors (Lipinski definition) is 2. The predicted octanol–water partition coefficient (Wildman–Crippen LogP) is 4.87. The van der Waals surface area contributed by atoms with Gasteiger partial charge in [-0.25, -0.2) is 0 Å². The number of amides is 3. The Morgan fingerprint density at radius 1 is 1.15 bits per heavy atom. The molecule has 1 aromatic rings. The van der Waals surface area contributed by atoms with Crippen molar-refractivity contribution in [1.29, 1.82) is 0 Å². The van der Waals surface area contributed by atoms with Crippen LogP contribution >= 0.6 is 0 Å². The maximum absolute atomic E-state index is 14.6. The molecule has 8 atom stereocenters. The molecule has 2 N–H and O–H groups in total. The van der Waals surface area contributed by atoms with E-state index in [1.807, 2.05) is 37.3 Å². The Balaban J connectivity index is 1.65. The summed E-state index contributed by atoms with van der Waals surface area (Å²) in [5.41, 5.74) is -0.410. The van der Waals surface area contributed by atoms with Gasteiger partial charge in [0.25, 0.3) is 0 Å². The van der Waals surface area contributed by atoms with Crippen molar-refractivity contribution in [1.82, 2.24) is 15.1 Å². The van der Waals surface area contributed by atoms with Crippen molar-refractivity contribution in [2.45, 2.75) is 121 Å². The van der Waals surface area contributed by atoms with Gasteiger partial charge in [-0.3, -0.25) is 19.2 Å². The van der Waals surface area contributed by atoms with Crippen LogP contribution in [0.1, 0.15) is 96.6 Å². The molecule has 3 amide bonds. The average Bonchev–Trinajstić information content (AvgIpc) is 3.72. The highest BCUT2D eigenvalue weighted by molar-refractivity contribution is 5.98. The lowest BCUT2D eigenvalue weighted by molar-refractivity contribution is -0.162. The van der Waals surface area contributed by atoms with E-state index in [9.17, 15) is 24.3 Å². The molecular formula is C38H55N3O7. The summed E-state index contributed by atoms with van der Waals surface area (Å²) in [5, 5.41) is 12.2. The van der Waals surface area contributed by atoms with Crippen molar-refractivity contribution in [2.75, 3.05) is 19.7 Å². The van der Waals surface area contributed by atoms with E-state index >= 15 is 0 Å². The second-order valence-electron chi connectivity index (χ2n) is 13.6. The molecule has 2 bridgehead atoms. The molecule has 3 heterocycles. The number of fused-ring (bicyclic) bond motifs is 1. The van der Waals surface area contributed by atoms with Gasteiger partial charge in [0, 0.05) is 32.2 Å². The monoisotopic (exact) mass is 665 g/mol. The molecule has 0 radical (unpaired) electrons. The van der Waals surface area contributed by atoms with Crippen molar-refractivity contribution in [3.8, 4) is 0 Å². The second-order valence-corrected chi connectivity index (χ2v) is 13.6. The Hall–Kier alpha value is -3.50. The van der Waals surface area contributed by atoms with Crippen molar-refractivity contribution in [3.63, 3.8) is 0 Å². The van der Waals surface area contributed by atoms with Crippen LogP contribution in [0.4, 0.5) is 0 Å². The quantitative estimate of drug-likeness (QED) is 0.116. The van der Waals surface area contributed by atoms with Crippen LogP contribution in [-0.4, -0.2) is 88.1 Å². The average molecular weight is 666 g/mol. The fraction of sp³-hybridized carbons (Fsp3) is 0.632. The van der Waals surface area contributed by atoms with Crippen LogP contribution in [-0.2, 0) is 28.7 Å². The smallest absolute Gasteiger partial charge is 0.313 e. The van der Waals surface area contributed by atoms with E-state index in [-0.39, 0.29) is 36.8 Å². The van der Waals surface area contributed by atoms with Crippen LogP contribution in [0, 0.1) is 11.8 Å². The number of rotatable bonds is 20. The number of carbonyl (C=O) groups is 4. The first-order chi connectivity index (χ1) is 23.1. The lowest BCUT2D eigenvalue weighted by Gasteiger charge is -2.39. The molecule has 0 aromatic heterocycles. The Morgan fingerprint density at radius 3 is 2.54 bits per heavy atom. The number of nitrogens with zero attached hydrogens (tertiary/aromatic N) is 2. The highest BCUT2D eigenvalue weighted by Gasteiger charge is 2.75. The standard InChI is InChI=1S/C38H55N3O7/c1-6-9-20-30(43)39-27(5)33(28-18-13-12-14-19-28)47-37(46)31-29-21-22-38(48-29)32(31)35(44)41(24-15-10-11-16-25-42)34(38)36(45)40(23-8-3)26(4)17-7-2/h6,8,12-14,18-19,26-27,29,31-34,42H,1,3,7,9-11,15-17,20-25H2,2,4-5H3,(H,39,43)/t26?,27-,29+,31-,32-,33-,34+,38-/m1/s1. The van der Waals surface area contributed by atoms with Gasteiger partial charge in [-0.15, -0.1) is 13.2 Å². The number of ether oxygens (including phenoxy) is 2. The number of carbonyl (C=O) groups excluding carboxylic acids is 4. The van der Waals surface area contributed by atoms with Gasteiger partial charge in [0.15, 0.2) is 0 Å². The number of unbranched alkanes of at least 4 members (excludes halogenated alkanes) is 3. The van der Waals surface area contributed by atoms with Gasteiger partial charge in [-0.2, -0.15) is 0 Å². The first kappa shape index (κ1) is 37.3. The maximum atomic E-state index is 14.6. The molecule has 0 saturated carbocycles. The third-order valence-electron chi connectivity index (χ3n) is 10.3. The van der Waals surface area contributed by atoms with Crippen LogP contribution in [0.2, 0.25) is 0 Å². The zero-order valence-electron chi connectivity index (χ0n) is 29.0. The molecule has 48 heavy (non-hydrogen) atoms. The van der Waals surface area contributed by atoms with E-state index in [1.165, 1.54) is 0 Å². The van der Waals surface area contributed by atoms with Crippen molar-refractivity contribution < 1.29 is 33.8 Å². The number of aliphatic hydroxyl groups excluding tert-OH is 1. The van der Waals surface area contributed by atoms with Gasteiger partial charge in [0.1, 0.15) is 17.7 Å². The highest BCUT2D eigenvalue weighted by Crippen LogP contribution is 2.59. The zero-order chi connectivity index (χ0) is 34.8. The second kappa shape index (κ2) is 17.2. The summed E-state index contributed by atoms with van der Waals surface area (Å²) in [5.74, 6) is -2.88. The molecule has 4 rings (SSSR count). The lowest BCUT2D eigenvalue weighted by atomic mass is 9.70. The van der Waals surface area contributed by atoms with Gasteiger partial charge in [-0.1, -0.05) is 68.7 Å². The van der Waals surface area contributed by atoms with Gasteiger partial charge in [0.2, 0.25) is 17.7 Å². The van der Waals surface area contributed by atoms with E-state index in [0.29, 0.717) is 45.2 Å².